The number of nitrogens with one attached hydrogen (secondary N) is 1. The standard InChI is InChI=1S/C16H16F2N4O/c17-12-1-2-14(13(18)9-12)21-16(23)11-3-7-22(8-4-11)15-10-19-5-6-20-15/h1-2,5-6,9-11H,3-4,7-8H2,(H,21,23). The Kier molecular flexibility index (Phi) is 4.45. The van der Waals surface area contributed by atoms with Crippen molar-refractivity contribution in [1.29, 1.82) is 0 Å². The van der Waals surface area contributed by atoms with E-state index in [-0.39, 0.29) is 17.5 Å². The number of carbonyl (C=O) groups excluding carboxylic acids is 1. The van der Waals surface area contributed by atoms with Crippen molar-refractivity contribution in [2.45, 2.75) is 12.8 Å². The second-order valence-corrected chi connectivity index (χ2v) is 5.44. The van der Waals surface area contributed by atoms with Crippen LogP contribution in [0.15, 0.2) is 36.8 Å². The van der Waals surface area contributed by atoms with Crippen LogP contribution in [0.2, 0.25) is 0 Å². The fourth-order valence-corrected chi connectivity index (χ4v) is 2.65. The average Bonchev–Trinajstić information content (AvgIpc) is 2.58. The predicted octanol–water partition coefficient (Wildman–Crippen LogP) is 2.61. The van der Waals surface area contributed by atoms with Crippen LogP contribution in [0.5, 0.6) is 0 Å². The second kappa shape index (κ2) is 6.68. The van der Waals surface area contributed by atoms with Gasteiger partial charge in [-0.1, -0.05) is 0 Å². The van der Waals surface area contributed by atoms with Gasteiger partial charge in [-0.25, -0.2) is 13.8 Å². The first-order valence-electron chi connectivity index (χ1n) is 7.40. The molecule has 0 atom stereocenters. The third-order valence-corrected chi connectivity index (χ3v) is 3.93. The number of amides is 1. The Morgan fingerprint density at radius 3 is 2.65 bits per heavy atom. The predicted molar refractivity (Wildman–Crippen MR) is 82.0 cm³/mol. The van der Waals surface area contributed by atoms with E-state index in [1.807, 2.05) is 0 Å². The van der Waals surface area contributed by atoms with Crippen LogP contribution >= 0.6 is 0 Å². The lowest BCUT2D eigenvalue weighted by molar-refractivity contribution is -0.120. The monoisotopic (exact) mass is 318 g/mol. The number of hydrogen-bond acceptors (Lipinski definition) is 4. The molecular formula is C16H16F2N4O. The first-order valence-corrected chi connectivity index (χ1v) is 7.40. The highest BCUT2D eigenvalue weighted by atomic mass is 19.1. The van der Waals surface area contributed by atoms with Gasteiger partial charge in [-0.2, -0.15) is 0 Å². The molecule has 7 heteroatoms. The third kappa shape index (κ3) is 3.61. The molecule has 23 heavy (non-hydrogen) atoms. The molecule has 0 spiro atoms. The minimum atomic E-state index is -0.768. The van der Waals surface area contributed by atoms with Gasteiger partial charge in [-0.15, -0.1) is 0 Å². The van der Waals surface area contributed by atoms with Gasteiger partial charge in [0.1, 0.15) is 17.5 Å². The van der Waals surface area contributed by atoms with Crippen LogP contribution in [-0.2, 0) is 4.79 Å². The number of nitrogens with zero attached hydrogens (tertiary/aromatic N) is 3. The Morgan fingerprint density at radius 2 is 2.00 bits per heavy atom. The second-order valence-electron chi connectivity index (χ2n) is 5.44. The summed E-state index contributed by atoms with van der Waals surface area (Å²) in [5.74, 6) is -1.09. The van der Waals surface area contributed by atoms with Gasteiger partial charge in [0.05, 0.1) is 11.9 Å². The number of rotatable bonds is 3. The number of piperidine rings is 1. The van der Waals surface area contributed by atoms with Gasteiger partial charge in [0, 0.05) is 37.5 Å². The first-order chi connectivity index (χ1) is 11.1. The molecule has 0 radical (unpaired) electrons. The number of hydrogen-bond donors (Lipinski definition) is 1. The van der Waals surface area contributed by atoms with Crippen molar-refractivity contribution >= 4 is 17.4 Å². The molecule has 1 aromatic carbocycles. The fourth-order valence-electron chi connectivity index (χ4n) is 2.65. The molecule has 2 heterocycles. The molecule has 5 nitrogen and oxygen atoms in total. The van der Waals surface area contributed by atoms with E-state index in [4.69, 9.17) is 0 Å². The van der Waals surface area contributed by atoms with E-state index >= 15 is 0 Å². The van der Waals surface area contributed by atoms with Crippen LogP contribution in [0.1, 0.15) is 12.8 Å². The van der Waals surface area contributed by atoms with Gasteiger partial charge in [0.15, 0.2) is 0 Å². The summed E-state index contributed by atoms with van der Waals surface area (Å²) in [4.78, 5) is 22.6. The largest absolute Gasteiger partial charge is 0.355 e. The molecule has 0 unspecified atom stereocenters. The summed E-state index contributed by atoms with van der Waals surface area (Å²) in [5.41, 5.74) is 0.00718. The molecule has 0 saturated carbocycles. The third-order valence-electron chi connectivity index (χ3n) is 3.93. The highest BCUT2D eigenvalue weighted by Crippen LogP contribution is 2.23. The lowest BCUT2D eigenvalue weighted by Crippen LogP contribution is -2.38. The molecule has 1 saturated heterocycles. The van der Waals surface area contributed by atoms with Gasteiger partial charge in [-0.05, 0) is 25.0 Å². The van der Waals surface area contributed by atoms with Gasteiger partial charge >= 0.3 is 0 Å². The molecule has 0 aliphatic carbocycles. The van der Waals surface area contributed by atoms with E-state index < -0.39 is 11.6 Å². The van der Waals surface area contributed by atoms with Crippen LogP contribution in [0.25, 0.3) is 0 Å². The topological polar surface area (TPSA) is 58.1 Å². The zero-order chi connectivity index (χ0) is 16.2. The molecule has 120 valence electrons. The summed E-state index contributed by atoms with van der Waals surface area (Å²) in [6.07, 6.45) is 6.22. The SMILES string of the molecule is O=C(Nc1ccc(F)cc1F)C1CCN(c2cnccn2)CC1. The van der Waals surface area contributed by atoms with Gasteiger partial charge in [-0.3, -0.25) is 9.78 Å². The van der Waals surface area contributed by atoms with Crippen LogP contribution in [0, 0.1) is 17.6 Å². The summed E-state index contributed by atoms with van der Waals surface area (Å²) in [6.45, 7) is 1.37. The normalized spacial score (nSPS) is 15.5. The molecule has 1 aromatic heterocycles. The van der Waals surface area contributed by atoms with E-state index in [0.29, 0.717) is 25.9 Å². The number of carbonyl (C=O) groups is 1. The maximum absolute atomic E-state index is 13.6. The quantitative estimate of drug-likeness (QED) is 0.945. The Morgan fingerprint density at radius 1 is 1.22 bits per heavy atom. The van der Waals surface area contributed by atoms with Crippen molar-refractivity contribution in [1.82, 2.24) is 9.97 Å². The molecule has 3 rings (SSSR count). The van der Waals surface area contributed by atoms with Gasteiger partial charge < -0.3 is 10.2 Å². The van der Waals surface area contributed by atoms with Crippen LogP contribution < -0.4 is 10.2 Å². The van der Waals surface area contributed by atoms with Gasteiger partial charge in [0.25, 0.3) is 0 Å². The zero-order valence-electron chi connectivity index (χ0n) is 12.4. The lowest BCUT2D eigenvalue weighted by atomic mass is 9.96. The van der Waals surface area contributed by atoms with Crippen molar-refractivity contribution in [3.63, 3.8) is 0 Å². The van der Waals surface area contributed by atoms with Crippen molar-refractivity contribution in [2.24, 2.45) is 5.92 Å². The van der Waals surface area contributed by atoms with E-state index in [2.05, 4.69) is 20.2 Å². The van der Waals surface area contributed by atoms with Crippen molar-refractivity contribution in [3.05, 3.63) is 48.4 Å². The minimum Gasteiger partial charge on any atom is -0.355 e. The molecule has 0 bridgehead atoms. The summed E-state index contributed by atoms with van der Waals surface area (Å²) in [6, 6.07) is 3.11. The zero-order valence-corrected chi connectivity index (χ0v) is 12.4. The van der Waals surface area contributed by atoms with Crippen LogP contribution in [-0.4, -0.2) is 29.0 Å². The Labute approximate surface area is 132 Å². The summed E-state index contributed by atoms with van der Waals surface area (Å²) in [5, 5.41) is 2.53. The maximum atomic E-state index is 13.6. The van der Waals surface area contributed by atoms with Crippen molar-refractivity contribution < 1.29 is 13.6 Å². The Balaban J connectivity index is 1.58. The highest BCUT2D eigenvalue weighted by Gasteiger charge is 2.26. The van der Waals surface area contributed by atoms with Crippen LogP contribution in [0.4, 0.5) is 20.3 Å². The molecule has 1 aliphatic rings. The molecule has 1 amide bonds. The van der Waals surface area contributed by atoms with Gasteiger partial charge in [0.2, 0.25) is 5.91 Å². The lowest BCUT2D eigenvalue weighted by Gasteiger charge is -2.31. The average molecular weight is 318 g/mol. The highest BCUT2D eigenvalue weighted by molar-refractivity contribution is 5.92. The van der Waals surface area contributed by atoms with Crippen molar-refractivity contribution in [2.75, 3.05) is 23.3 Å². The van der Waals surface area contributed by atoms with E-state index in [0.717, 1.165) is 18.0 Å². The van der Waals surface area contributed by atoms with E-state index in [9.17, 15) is 13.6 Å². The molecular weight excluding hydrogens is 302 g/mol. The molecule has 1 fully saturated rings. The first kappa shape index (κ1) is 15.3. The number of anilines is 2. The molecule has 1 N–H and O–H groups in total. The number of aromatic nitrogens is 2. The molecule has 2 aromatic rings. The minimum absolute atomic E-state index is 0.00718. The summed E-state index contributed by atoms with van der Waals surface area (Å²) in [7, 11) is 0. The summed E-state index contributed by atoms with van der Waals surface area (Å²) < 4.78 is 26.5. The summed E-state index contributed by atoms with van der Waals surface area (Å²) >= 11 is 0. The maximum Gasteiger partial charge on any atom is 0.227 e. The number of halogens is 2. The van der Waals surface area contributed by atoms with E-state index in [1.54, 1.807) is 18.6 Å². The Hall–Kier alpha value is -2.57. The molecule has 1 aliphatic heterocycles. The Bertz CT molecular complexity index is 688. The van der Waals surface area contributed by atoms with Crippen LogP contribution in [0.3, 0.4) is 0 Å². The van der Waals surface area contributed by atoms with E-state index in [1.165, 1.54) is 6.07 Å². The number of benzene rings is 1. The van der Waals surface area contributed by atoms with Crippen molar-refractivity contribution in [3.8, 4) is 0 Å². The smallest absolute Gasteiger partial charge is 0.227 e. The fraction of sp³-hybridized carbons (Fsp3) is 0.312.